The zero-order valence-corrected chi connectivity index (χ0v) is 15.1. The van der Waals surface area contributed by atoms with Gasteiger partial charge in [-0.25, -0.2) is 15.0 Å². The van der Waals surface area contributed by atoms with E-state index in [1.807, 2.05) is 13.0 Å². The maximum atomic E-state index is 11.6. The number of aryl methyl sites for hydroxylation is 1. The number of hydrogen-bond donors (Lipinski definition) is 3. The molecule has 3 N–H and O–H groups in total. The molecule has 0 aliphatic heterocycles. The van der Waals surface area contributed by atoms with Crippen molar-refractivity contribution in [2.24, 2.45) is 0 Å². The molecule has 0 saturated heterocycles. The van der Waals surface area contributed by atoms with Crippen LogP contribution in [0.4, 0.5) is 34.5 Å². The van der Waals surface area contributed by atoms with Crippen LogP contribution >= 0.6 is 0 Å². The molecule has 0 unspecified atom stereocenters. The van der Waals surface area contributed by atoms with Crippen LogP contribution < -0.4 is 16.0 Å². The van der Waals surface area contributed by atoms with Crippen LogP contribution in [0.15, 0.2) is 48.9 Å². The molecular formula is C18H17N7O3. The van der Waals surface area contributed by atoms with Gasteiger partial charge in [-0.15, -0.1) is 0 Å². The summed E-state index contributed by atoms with van der Waals surface area (Å²) >= 11 is 0. The van der Waals surface area contributed by atoms with E-state index < -0.39 is 4.92 Å². The number of nitrogens with one attached hydrogen (secondary N) is 3. The van der Waals surface area contributed by atoms with E-state index in [9.17, 15) is 14.9 Å². The van der Waals surface area contributed by atoms with Crippen LogP contribution in [0.3, 0.4) is 0 Å². The van der Waals surface area contributed by atoms with Crippen LogP contribution in [0.2, 0.25) is 0 Å². The highest BCUT2D eigenvalue weighted by atomic mass is 16.6. The van der Waals surface area contributed by atoms with Crippen molar-refractivity contribution < 1.29 is 9.72 Å². The third-order valence-corrected chi connectivity index (χ3v) is 3.63. The Labute approximate surface area is 160 Å². The molecule has 3 aromatic rings. The Hall–Kier alpha value is -4.08. The first-order valence-corrected chi connectivity index (χ1v) is 8.26. The van der Waals surface area contributed by atoms with E-state index in [-0.39, 0.29) is 23.2 Å². The zero-order valence-electron chi connectivity index (χ0n) is 15.1. The Balaban J connectivity index is 1.89. The maximum Gasteiger partial charge on any atom is 0.353 e. The lowest BCUT2D eigenvalue weighted by atomic mass is 10.2. The van der Waals surface area contributed by atoms with E-state index >= 15 is 0 Å². The smallest absolute Gasteiger partial charge is 0.334 e. The summed E-state index contributed by atoms with van der Waals surface area (Å²) in [6.07, 6.45) is 2.82. The summed E-state index contributed by atoms with van der Waals surface area (Å²) in [5, 5.41) is 20.1. The van der Waals surface area contributed by atoms with Crippen molar-refractivity contribution in [1.82, 2.24) is 15.0 Å². The van der Waals surface area contributed by atoms with E-state index in [0.717, 1.165) is 5.56 Å². The molecule has 28 heavy (non-hydrogen) atoms. The van der Waals surface area contributed by atoms with Crippen LogP contribution in [0.5, 0.6) is 0 Å². The van der Waals surface area contributed by atoms with Gasteiger partial charge in [0.1, 0.15) is 12.1 Å². The van der Waals surface area contributed by atoms with Gasteiger partial charge in [0.25, 0.3) is 0 Å². The molecule has 3 rings (SSSR count). The average molecular weight is 379 g/mol. The average Bonchev–Trinajstić information content (AvgIpc) is 2.63. The highest BCUT2D eigenvalue weighted by Gasteiger charge is 2.23. The molecule has 0 saturated carbocycles. The number of anilines is 5. The highest BCUT2D eigenvalue weighted by Crippen LogP contribution is 2.32. The Morgan fingerprint density at radius 2 is 1.64 bits per heavy atom. The number of nitro groups is 1. The minimum absolute atomic E-state index is 0.0236. The summed E-state index contributed by atoms with van der Waals surface area (Å²) < 4.78 is 0. The van der Waals surface area contributed by atoms with Gasteiger partial charge in [0, 0.05) is 24.5 Å². The van der Waals surface area contributed by atoms with Crippen molar-refractivity contribution in [3.63, 3.8) is 0 Å². The van der Waals surface area contributed by atoms with Gasteiger partial charge in [-0.3, -0.25) is 14.9 Å². The molecule has 1 amide bonds. The van der Waals surface area contributed by atoms with Crippen LogP contribution in [-0.4, -0.2) is 25.8 Å². The van der Waals surface area contributed by atoms with Gasteiger partial charge in [0.05, 0.1) is 4.92 Å². The summed E-state index contributed by atoms with van der Waals surface area (Å²) in [7, 11) is 0. The second-order valence-electron chi connectivity index (χ2n) is 5.90. The van der Waals surface area contributed by atoms with Crippen LogP contribution in [0, 0.1) is 17.0 Å². The standard InChI is InChI=1S/C18H17N7O3/c1-11-7-8-19-15(9-11)24-18-16(25(27)28)17(20-10-21-18)23-14-5-3-13(4-6-14)22-12(2)26/h3-10H,1-2H3,(H,22,26)(H2,19,20,21,23,24). The van der Waals surface area contributed by atoms with E-state index in [0.29, 0.717) is 17.2 Å². The number of hydrogen-bond acceptors (Lipinski definition) is 8. The van der Waals surface area contributed by atoms with Gasteiger partial charge < -0.3 is 16.0 Å². The van der Waals surface area contributed by atoms with Gasteiger partial charge >= 0.3 is 5.69 Å². The van der Waals surface area contributed by atoms with Crippen molar-refractivity contribution in [3.05, 3.63) is 64.6 Å². The second-order valence-corrected chi connectivity index (χ2v) is 5.90. The third kappa shape index (κ3) is 4.55. The number of benzene rings is 1. The Morgan fingerprint density at radius 1 is 1.00 bits per heavy atom. The molecule has 1 aromatic carbocycles. The molecule has 142 valence electrons. The van der Waals surface area contributed by atoms with Gasteiger partial charge in [-0.05, 0) is 48.9 Å². The maximum absolute atomic E-state index is 11.6. The van der Waals surface area contributed by atoms with Crippen molar-refractivity contribution in [2.45, 2.75) is 13.8 Å². The lowest BCUT2D eigenvalue weighted by Crippen LogP contribution is -2.07. The molecule has 2 heterocycles. The fourth-order valence-corrected chi connectivity index (χ4v) is 2.44. The normalized spacial score (nSPS) is 10.2. The summed E-state index contributed by atoms with van der Waals surface area (Å²) in [6, 6.07) is 10.3. The Bertz CT molecular complexity index is 1020. The zero-order chi connectivity index (χ0) is 20.1. The first-order valence-electron chi connectivity index (χ1n) is 8.26. The number of carbonyl (C=O) groups is 1. The quantitative estimate of drug-likeness (QED) is 0.437. The molecule has 0 aliphatic carbocycles. The molecular weight excluding hydrogens is 362 g/mol. The van der Waals surface area contributed by atoms with Crippen molar-refractivity contribution >= 4 is 40.4 Å². The van der Waals surface area contributed by atoms with Gasteiger partial charge in [0.2, 0.25) is 17.5 Å². The summed E-state index contributed by atoms with van der Waals surface area (Å²) in [6.45, 7) is 3.30. The van der Waals surface area contributed by atoms with E-state index in [2.05, 4.69) is 30.9 Å². The number of nitrogens with zero attached hydrogens (tertiary/aromatic N) is 4. The number of amides is 1. The molecule has 0 radical (unpaired) electrons. The third-order valence-electron chi connectivity index (χ3n) is 3.63. The topological polar surface area (TPSA) is 135 Å². The highest BCUT2D eigenvalue weighted by molar-refractivity contribution is 5.89. The minimum Gasteiger partial charge on any atom is -0.334 e. The van der Waals surface area contributed by atoms with Crippen LogP contribution in [0.1, 0.15) is 12.5 Å². The van der Waals surface area contributed by atoms with Gasteiger partial charge in [0.15, 0.2) is 0 Å². The molecule has 0 bridgehead atoms. The van der Waals surface area contributed by atoms with E-state index in [1.54, 1.807) is 36.5 Å². The summed E-state index contributed by atoms with van der Waals surface area (Å²) in [4.78, 5) is 34.3. The van der Waals surface area contributed by atoms with E-state index in [1.165, 1.54) is 13.3 Å². The Morgan fingerprint density at radius 3 is 2.25 bits per heavy atom. The van der Waals surface area contributed by atoms with Crippen LogP contribution in [0.25, 0.3) is 0 Å². The van der Waals surface area contributed by atoms with Crippen molar-refractivity contribution in [3.8, 4) is 0 Å². The second kappa shape index (κ2) is 8.08. The SMILES string of the molecule is CC(=O)Nc1ccc(Nc2ncnc(Nc3cc(C)ccn3)c2[N+](=O)[O-])cc1. The van der Waals surface area contributed by atoms with Gasteiger partial charge in [-0.2, -0.15) is 0 Å². The molecule has 0 aliphatic rings. The van der Waals surface area contributed by atoms with Crippen molar-refractivity contribution in [1.29, 1.82) is 0 Å². The molecule has 0 fully saturated rings. The predicted octanol–water partition coefficient (Wildman–Crippen LogP) is 3.53. The Kier molecular flexibility index (Phi) is 5.40. The van der Waals surface area contributed by atoms with E-state index in [4.69, 9.17) is 0 Å². The number of aromatic nitrogens is 3. The molecule has 0 atom stereocenters. The largest absolute Gasteiger partial charge is 0.353 e. The molecule has 10 heteroatoms. The lowest BCUT2D eigenvalue weighted by Gasteiger charge is -2.10. The fraction of sp³-hybridized carbons (Fsp3) is 0.111. The first kappa shape index (κ1) is 18.7. The fourth-order valence-electron chi connectivity index (χ4n) is 2.44. The first-order chi connectivity index (χ1) is 13.4. The summed E-state index contributed by atoms with van der Waals surface area (Å²) in [5.41, 5.74) is 1.82. The monoisotopic (exact) mass is 379 g/mol. The molecule has 2 aromatic heterocycles. The van der Waals surface area contributed by atoms with Gasteiger partial charge in [-0.1, -0.05) is 0 Å². The number of carbonyl (C=O) groups excluding carboxylic acids is 1. The van der Waals surface area contributed by atoms with Crippen LogP contribution in [-0.2, 0) is 4.79 Å². The van der Waals surface area contributed by atoms with Crippen molar-refractivity contribution in [2.75, 3.05) is 16.0 Å². The summed E-state index contributed by atoms with van der Waals surface area (Å²) in [5.74, 6) is 0.304. The number of pyridine rings is 1. The molecule has 0 spiro atoms. The lowest BCUT2D eigenvalue weighted by molar-refractivity contribution is -0.383. The predicted molar refractivity (Wildman–Crippen MR) is 105 cm³/mol. The minimum atomic E-state index is -0.563. The number of rotatable bonds is 6. The molecule has 10 nitrogen and oxygen atoms in total.